The monoisotopic (exact) mass is 286 g/mol. The maximum Gasteiger partial charge on any atom is 0.257 e. The first kappa shape index (κ1) is 13.8. The van der Waals surface area contributed by atoms with Crippen LogP contribution in [-0.2, 0) is 0 Å². The van der Waals surface area contributed by atoms with Crippen molar-refractivity contribution in [1.29, 1.82) is 0 Å². The van der Waals surface area contributed by atoms with Crippen LogP contribution in [0.15, 0.2) is 36.8 Å². The van der Waals surface area contributed by atoms with Gasteiger partial charge in [-0.1, -0.05) is 6.07 Å². The molecule has 3 rings (SSSR count). The number of nitrogens with zero attached hydrogens (tertiary/aromatic N) is 3. The summed E-state index contributed by atoms with van der Waals surface area (Å²) in [5.74, 6) is 0.142. The Balaban J connectivity index is 1.59. The van der Waals surface area contributed by atoms with E-state index in [0.29, 0.717) is 24.3 Å². The second-order valence-electron chi connectivity index (χ2n) is 5.32. The smallest absolute Gasteiger partial charge is 0.257 e. The number of aliphatic hydroxyl groups is 1. The third-order valence-corrected chi connectivity index (χ3v) is 4.01. The number of hydrogen-bond acceptors (Lipinski definition) is 4. The SMILES string of the molecule is O=C(c1cn[nH]c1)N1CCC([C@@H](O)c2ccccn2)CC1. The van der Waals surface area contributed by atoms with Crippen LogP contribution in [0.25, 0.3) is 0 Å². The Labute approximate surface area is 122 Å². The van der Waals surface area contributed by atoms with Crippen LogP contribution in [0, 0.1) is 5.92 Å². The van der Waals surface area contributed by atoms with Crippen molar-refractivity contribution >= 4 is 5.91 Å². The van der Waals surface area contributed by atoms with Crippen LogP contribution in [0.3, 0.4) is 0 Å². The molecule has 6 heteroatoms. The molecule has 0 unspecified atom stereocenters. The fraction of sp³-hybridized carbons (Fsp3) is 0.400. The molecule has 1 saturated heterocycles. The van der Waals surface area contributed by atoms with Crippen LogP contribution in [0.5, 0.6) is 0 Å². The van der Waals surface area contributed by atoms with E-state index in [4.69, 9.17) is 0 Å². The molecule has 0 bridgehead atoms. The second kappa shape index (κ2) is 6.05. The minimum Gasteiger partial charge on any atom is -0.387 e. The Kier molecular flexibility index (Phi) is 3.96. The molecule has 2 N–H and O–H groups in total. The lowest BCUT2D eigenvalue weighted by Gasteiger charge is -2.33. The molecule has 1 aliphatic rings. The van der Waals surface area contributed by atoms with Gasteiger partial charge in [0.15, 0.2) is 0 Å². The van der Waals surface area contributed by atoms with E-state index in [0.717, 1.165) is 12.8 Å². The summed E-state index contributed by atoms with van der Waals surface area (Å²) in [6.07, 6.45) is 5.84. The molecule has 0 spiro atoms. The summed E-state index contributed by atoms with van der Waals surface area (Å²) in [4.78, 5) is 18.2. The van der Waals surface area contributed by atoms with Gasteiger partial charge in [0.1, 0.15) is 0 Å². The molecule has 0 aliphatic carbocycles. The number of H-pyrrole nitrogens is 1. The average Bonchev–Trinajstić information content (AvgIpc) is 3.09. The summed E-state index contributed by atoms with van der Waals surface area (Å²) >= 11 is 0. The van der Waals surface area contributed by atoms with Gasteiger partial charge in [-0.2, -0.15) is 5.10 Å². The third-order valence-electron chi connectivity index (χ3n) is 4.01. The van der Waals surface area contributed by atoms with Gasteiger partial charge in [0.05, 0.1) is 23.6 Å². The Hall–Kier alpha value is -2.21. The van der Waals surface area contributed by atoms with Gasteiger partial charge in [0, 0.05) is 25.5 Å². The number of piperidine rings is 1. The topological polar surface area (TPSA) is 82.1 Å². The van der Waals surface area contributed by atoms with E-state index in [1.165, 1.54) is 6.20 Å². The van der Waals surface area contributed by atoms with Gasteiger partial charge in [-0.25, -0.2) is 0 Å². The zero-order valence-corrected chi connectivity index (χ0v) is 11.6. The molecule has 6 nitrogen and oxygen atoms in total. The van der Waals surface area contributed by atoms with Crippen molar-refractivity contribution < 1.29 is 9.90 Å². The van der Waals surface area contributed by atoms with E-state index in [-0.39, 0.29) is 11.8 Å². The predicted octanol–water partition coefficient (Wildman–Crippen LogP) is 1.39. The number of amides is 1. The summed E-state index contributed by atoms with van der Waals surface area (Å²) in [5.41, 5.74) is 1.29. The molecule has 2 aromatic heterocycles. The summed E-state index contributed by atoms with van der Waals surface area (Å²) in [6.45, 7) is 1.30. The highest BCUT2D eigenvalue weighted by Crippen LogP contribution is 2.30. The molecule has 3 heterocycles. The predicted molar refractivity (Wildman–Crippen MR) is 76.4 cm³/mol. The summed E-state index contributed by atoms with van der Waals surface area (Å²) < 4.78 is 0. The first-order chi connectivity index (χ1) is 10.3. The van der Waals surface area contributed by atoms with Crippen molar-refractivity contribution in [3.63, 3.8) is 0 Å². The van der Waals surface area contributed by atoms with Crippen LogP contribution >= 0.6 is 0 Å². The van der Waals surface area contributed by atoms with Crippen LogP contribution in [0.1, 0.15) is 35.0 Å². The first-order valence-corrected chi connectivity index (χ1v) is 7.13. The van der Waals surface area contributed by atoms with Crippen molar-refractivity contribution in [2.75, 3.05) is 13.1 Å². The van der Waals surface area contributed by atoms with Crippen molar-refractivity contribution in [2.45, 2.75) is 18.9 Å². The number of likely N-dealkylation sites (tertiary alicyclic amines) is 1. The number of carbonyl (C=O) groups excluding carboxylic acids is 1. The van der Waals surface area contributed by atoms with Crippen LogP contribution < -0.4 is 0 Å². The quantitative estimate of drug-likeness (QED) is 0.893. The fourth-order valence-electron chi connectivity index (χ4n) is 2.76. The average molecular weight is 286 g/mol. The number of aromatic amines is 1. The number of carbonyl (C=O) groups is 1. The molecule has 21 heavy (non-hydrogen) atoms. The number of rotatable bonds is 3. The Morgan fingerprint density at radius 3 is 2.81 bits per heavy atom. The molecule has 1 fully saturated rings. The zero-order chi connectivity index (χ0) is 14.7. The van der Waals surface area contributed by atoms with Crippen LogP contribution in [0.2, 0.25) is 0 Å². The van der Waals surface area contributed by atoms with Gasteiger partial charge in [-0.3, -0.25) is 14.9 Å². The molecular weight excluding hydrogens is 268 g/mol. The highest BCUT2D eigenvalue weighted by Gasteiger charge is 2.29. The van der Waals surface area contributed by atoms with Gasteiger partial charge in [0.2, 0.25) is 0 Å². The van der Waals surface area contributed by atoms with E-state index >= 15 is 0 Å². The van der Waals surface area contributed by atoms with E-state index in [9.17, 15) is 9.90 Å². The maximum absolute atomic E-state index is 12.2. The largest absolute Gasteiger partial charge is 0.387 e. The summed E-state index contributed by atoms with van der Waals surface area (Å²) in [5, 5.41) is 16.8. The highest BCUT2D eigenvalue weighted by atomic mass is 16.3. The van der Waals surface area contributed by atoms with Gasteiger partial charge < -0.3 is 10.0 Å². The summed E-state index contributed by atoms with van der Waals surface area (Å²) in [6, 6.07) is 5.55. The fourth-order valence-corrected chi connectivity index (χ4v) is 2.76. The van der Waals surface area contributed by atoms with E-state index in [2.05, 4.69) is 15.2 Å². The molecule has 0 aromatic carbocycles. The Bertz CT molecular complexity index is 577. The lowest BCUT2D eigenvalue weighted by molar-refractivity contribution is 0.0447. The van der Waals surface area contributed by atoms with Gasteiger partial charge in [-0.05, 0) is 30.9 Å². The van der Waals surface area contributed by atoms with Gasteiger partial charge >= 0.3 is 0 Å². The summed E-state index contributed by atoms with van der Waals surface area (Å²) in [7, 11) is 0. The van der Waals surface area contributed by atoms with Crippen molar-refractivity contribution in [3.05, 3.63) is 48.0 Å². The second-order valence-corrected chi connectivity index (χ2v) is 5.32. The van der Waals surface area contributed by atoms with E-state index < -0.39 is 6.10 Å². The van der Waals surface area contributed by atoms with Crippen molar-refractivity contribution in [2.24, 2.45) is 5.92 Å². The van der Waals surface area contributed by atoms with Gasteiger partial charge in [0.25, 0.3) is 5.91 Å². The number of nitrogens with one attached hydrogen (secondary N) is 1. The minimum absolute atomic E-state index is 0.00507. The zero-order valence-electron chi connectivity index (χ0n) is 11.6. The molecule has 0 saturated carbocycles. The lowest BCUT2D eigenvalue weighted by atomic mass is 9.89. The maximum atomic E-state index is 12.2. The van der Waals surface area contributed by atoms with Crippen LogP contribution in [0.4, 0.5) is 0 Å². The van der Waals surface area contributed by atoms with Gasteiger partial charge in [-0.15, -0.1) is 0 Å². The molecule has 1 atom stereocenters. The Morgan fingerprint density at radius 2 is 2.19 bits per heavy atom. The number of aliphatic hydroxyl groups excluding tert-OH is 1. The number of aromatic nitrogens is 3. The molecule has 110 valence electrons. The molecule has 2 aromatic rings. The van der Waals surface area contributed by atoms with E-state index in [1.54, 1.807) is 12.4 Å². The number of pyridine rings is 1. The molecule has 1 amide bonds. The molecule has 0 radical (unpaired) electrons. The van der Waals surface area contributed by atoms with Crippen LogP contribution in [-0.4, -0.2) is 44.2 Å². The Morgan fingerprint density at radius 1 is 1.38 bits per heavy atom. The molecule has 1 aliphatic heterocycles. The highest BCUT2D eigenvalue weighted by molar-refractivity contribution is 5.93. The minimum atomic E-state index is -0.558. The first-order valence-electron chi connectivity index (χ1n) is 7.13. The third kappa shape index (κ3) is 2.95. The standard InChI is InChI=1S/C15H18N4O2/c20-14(13-3-1-2-6-16-13)11-4-7-19(8-5-11)15(21)12-9-17-18-10-12/h1-3,6,9-11,14,20H,4-5,7-8H2,(H,17,18)/t14-/m1/s1. The molecular formula is C15H18N4O2. The lowest BCUT2D eigenvalue weighted by Crippen LogP contribution is -2.39. The van der Waals surface area contributed by atoms with E-state index in [1.807, 2.05) is 23.1 Å². The van der Waals surface area contributed by atoms with Crippen molar-refractivity contribution in [3.8, 4) is 0 Å². The normalized spacial score (nSPS) is 17.7. The number of hydrogen-bond donors (Lipinski definition) is 2. The van der Waals surface area contributed by atoms with Crippen molar-refractivity contribution in [1.82, 2.24) is 20.1 Å².